The van der Waals surface area contributed by atoms with Gasteiger partial charge in [0.15, 0.2) is 0 Å². The van der Waals surface area contributed by atoms with Gasteiger partial charge in [-0.25, -0.2) is 0 Å². The molecule has 4 rings (SSSR count). The number of likely N-dealkylation sites (tertiary alicyclic amines) is 1. The summed E-state index contributed by atoms with van der Waals surface area (Å²) in [5, 5.41) is 8.56. The maximum Gasteiger partial charge on any atom is 0.251 e. The molecule has 0 unspecified atom stereocenters. The van der Waals surface area contributed by atoms with Gasteiger partial charge in [0.2, 0.25) is 5.89 Å². The van der Waals surface area contributed by atoms with E-state index in [2.05, 4.69) is 45.4 Å². The Morgan fingerprint density at radius 2 is 1.89 bits per heavy atom. The first-order valence-electron chi connectivity index (χ1n) is 9.56. The molecule has 27 heavy (non-hydrogen) atoms. The summed E-state index contributed by atoms with van der Waals surface area (Å²) < 4.78 is 11.4. The highest BCUT2D eigenvalue weighted by Crippen LogP contribution is 2.32. The fourth-order valence-electron chi connectivity index (χ4n) is 3.72. The lowest BCUT2D eigenvalue weighted by Gasteiger charge is -2.14. The van der Waals surface area contributed by atoms with Crippen LogP contribution in [0.5, 0.6) is 5.75 Å². The van der Waals surface area contributed by atoms with Crippen molar-refractivity contribution in [3.63, 3.8) is 0 Å². The van der Waals surface area contributed by atoms with E-state index in [0.717, 1.165) is 49.7 Å². The van der Waals surface area contributed by atoms with Gasteiger partial charge in [-0.15, -0.1) is 10.2 Å². The molecule has 1 aliphatic heterocycles. The second-order valence-electron chi connectivity index (χ2n) is 7.02. The van der Waals surface area contributed by atoms with Crippen LogP contribution in [0.25, 0.3) is 11.5 Å². The normalized spacial score (nSPS) is 17.3. The largest absolute Gasteiger partial charge is 0.496 e. The van der Waals surface area contributed by atoms with Crippen molar-refractivity contribution in [1.82, 2.24) is 15.1 Å². The summed E-state index contributed by atoms with van der Waals surface area (Å²) in [6.07, 6.45) is 3.37. The van der Waals surface area contributed by atoms with E-state index >= 15 is 0 Å². The Hall–Kier alpha value is -2.66. The number of para-hydroxylation sites is 1. The van der Waals surface area contributed by atoms with Gasteiger partial charge in [-0.05, 0) is 50.0 Å². The molecule has 1 aromatic heterocycles. The fourth-order valence-corrected chi connectivity index (χ4v) is 3.72. The molecule has 1 aliphatic rings. The summed E-state index contributed by atoms with van der Waals surface area (Å²) in [4.78, 5) is 2.50. The molecule has 1 fully saturated rings. The highest BCUT2D eigenvalue weighted by Gasteiger charge is 2.28. The monoisotopic (exact) mass is 363 g/mol. The quantitative estimate of drug-likeness (QED) is 0.631. The van der Waals surface area contributed by atoms with Crippen molar-refractivity contribution in [3.05, 3.63) is 66.1 Å². The molecule has 0 aliphatic carbocycles. The summed E-state index contributed by atoms with van der Waals surface area (Å²) in [7, 11) is 1.65. The molecule has 0 saturated carbocycles. The van der Waals surface area contributed by atoms with Crippen LogP contribution < -0.4 is 4.74 Å². The molecular weight excluding hydrogens is 338 g/mol. The average Bonchev–Trinajstić information content (AvgIpc) is 3.38. The number of hydrogen-bond acceptors (Lipinski definition) is 5. The fraction of sp³-hybridized carbons (Fsp3) is 0.364. The SMILES string of the molecule is COc1ccccc1-c1nnc([C@H]2CCN(CCCc3ccccc3)C2)o1. The lowest BCUT2D eigenvalue weighted by atomic mass is 10.1. The smallest absolute Gasteiger partial charge is 0.251 e. The molecule has 3 aromatic rings. The first-order chi connectivity index (χ1) is 13.3. The zero-order valence-electron chi connectivity index (χ0n) is 15.7. The van der Waals surface area contributed by atoms with Crippen LogP contribution in [0.2, 0.25) is 0 Å². The Labute approximate surface area is 160 Å². The van der Waals surface area contributed by atoms with E-state index in [1.165, 1.54) is 12.0 Å². The zero-order chi connectivity index (χ0) is 18.5. The first-order valence-corrected chi connectivity index (χ1v) is 9.56. The Kier molecular flexibility index (Phi) is 5.49. The molecule has 0 N–H and O–H groups in total. The predicted molar refractivity (Wildman–Crippen MR) is 105 cm³/mol. The second-order valence-corrected chi connectivity index (χ2v) is 7.02. The van der Waals surface area contributed by atoms with Crippen molar-refractivity contribution in [2.24, 2.45) is 0 Å². The Bertz CT molecular complexity index is 863. The lowest BCUT2D eigenvalue weighted by Crippen LogP contribution is -2.22. The van der Waals surface area contributed by atoms with Gasteiger partial charge >= 0.3 is 0 Å². The maximum absolute atomic E-state index is 5.99. The van der Waals surface area contributed by atoms with Gasteiger partial charge < -0.3 is 14.1 Å². The van der Waals surface area contributed by atoms with E-state index < -0.39 is 0 Å². The van der Waals surface area contributed by atoms with Crippen LogP contribution in [0.3, 0.4) is 0 Å². The Morgan fingerprint density at radius 3 is 2.74 bits per heavy atom. The lowest BCUT2D eigenvalue weighted by molar-refractivity contribution is 0.323. The van der Waals surface area contributed by atoms with Gasteiger partial charge in [-0.1, -0.05) is 42.5 Å². The van der Waals surface area contributed by atoms with Crippen LogP contribution in [-0.4, -0.2) is 41.8 Å². The second kappa shape index (κ2) is 8.35. The van der Waals surface area contributed by atoms with E-state index in [1.807, 2.05) is 24.3 Å². The van der Waals surface area contributed by atoms with Crippen molar-refractivity contribution in [2.45, 2.75) is 25.2 Å². The molecule has 2 heterocycles. The van der Waals surface area contributed by atoms with Crippen molar-refractivity contribution >= 4 is 0 Å². The number of ether oxygens (including phenoxy) is 1. The van der Waals surface area contributed by atoms with Crippen molar-refractivity contribution < 1.29 is 9.15 Å². The average molecular weight is 363 g/mol. The van der Waals surface area contributed by atoms with E-state index in [1.54, 1.807) is 7.11 Å². The van der Waals surface area contributed by atoms with Gasteiger partial charge in [0.05, 0.1) is 18.6 Å². The number of hydrogen-bond donors (Lipinski definition) is 0. The minimum Gasteiger partial charge on any atom is -0.496 e. The molecule has 1 atom stereocenters. The molecule has 0 amide bonds. The van der Waals surface area contributed by atoms with Crippen LogP contribution in [-0.2, 0) is 6.42 Å². The number of nitrogens with zero attached hydrogens (tertiary/aromatic N) is 3. The summed E-state index contributed by atoms with van der Waals surface area (Å²) in [5.41, 5.74) is 2.25. The molecule has 0 radical (unpaired) electrons. The van der Waals surface area contributed by atoms with Gasteiger partial charge in [0.25, 0.3) is 5.89 Å². The topological polar surface area (TPSA) is 51.4 Å². The van der Waals surface area contributed by atoms with Gasteiger partial charge in [-0.3, -0.25) is 0 Å². The number of methoxy groups -OCH3 is 1. The maximum atomic E-state index is 5.99. The van der Waals surface area contributed by atoms with Crippen molar-refractivity contribution in [1.29, 1.82) is 0 Å². The molecule has 0 bridgehead atoms. The van der Waals surface area contributed by atoms with E-state index in [4.69, 9.17) is 9.15 Å². The number of benzene rings is 2. The summed E-state index contributed by atoms with van der Waals surface area (Å²) in [6.45, 7) is 3.19. The molecule has 5 heteroatoms. The highest BCUT2D eigenvalue weighted by atomic mass is 16.5. The highest BCUT2D eigenvalue weighted by molar-refractivity contribution is 5.62. The third-order valence-corrected chi connectivity index (χ3v) is 5.18. The number of rotatable bonds is 7. The van der Waals surface area contributed by atoms with Gasteiger partial charge in [0.1, 0.15) is 5.75 Å². The van der Waals surface area contributed by atoms with E-state index in [9.17, 15) is 0 Å². The third kappa shape index (κ3) is 4.19. The van der Waals surface area contributed by atoms with E-state index in [-0.39, 0.29) is 0 Å². The molecule has 140 valence electrons. The zero-order valence-corrected chi connectivity index (χ0v) is 15.7. The van der Waals surface area contributed by atoms with Crippen LogP contribution in [0.1, 0.15) is 30.2 Å². The molecule has 1 saturated heterocycles. The first kappa shape index (κ1) is 17.7. The predicted octanol–water partition coefficient (Wildman–Crippen LogP) is 4.17. The number of aryl methyl sites for hydroxylation is 1. The van der Waals surface area contributed by atoms with Crippen LogP contribution in [0, 0.1) is 0 Å². The third-order valence-electron chi connectivity index (χ3n) is 5.18. The van der Waals surface area contributed by atoms with Gasteiger partial charge in [0, 0.05) is 6.54 Å². The minimum absolute atomic E-state index is 0.317. The van der Waals surface area contributed by atoms with Crippen molar-refractivity contribution in [2.75, 3.05) is 26.7 Å². The molecule has 5 nitrogen and oxygen atoms in total. The van der Waals surface area contributed by atoms with Crippen LogP contribution in [0.4, 0.5) is 0 Å². The summed E-state index contributed by atoms with van der Waals surface area (Å²) in [5.74, 6) is 2.34. The number of aromatic nitrogens is 2. The molecular formula is C22H25N3O2. The van der Waals surface area contributed by atoms with Crippen LogP contribution >= 0.6 is 0 Å². The Balaban J connectivity index is 1.33. The molecule has 0 spiro atoms. The Morgan fingerprint density at radius 1 is 1.07 bits per heavy atom. The summed E-state index contributed by atoms with van der Waals surface area (Å²) in [6, 6.07) is 18.4. The minimum atomic E-state index is 0.317. The van der Waals surface area contributed by atoms with Crippen LogP contribution in [0.15, 0.2) is 59.0 Å². The molecule has 2 aromatic carbocycles. The van der Waals surface area contributed by atoms with E-state index in [0.29, 0.717) is 11.8 Å². The standard InChI is InChI=1S/C22H25N3O2/c1-26-20-12-6-5-11-19(20)22-24-23-21(27-22)18-13-15-25(16-18)14-7-10-17-8-3-2-4-9-17/h2-6,8-9,11-12,18H,7,10,13-16H2,1H3/t18-/m0/s1. The van der Waals surface area contributed by atoms with Gasteiger partial charge in [-0.2, -0.15) is 0 Å². The summed E-state index contributed by atoms with van der Waals surface area (Å²) >= 11 is 0. The van der Waals surface area contributed by atoms with Crippen molar-refractivity contribution in [3.8, 4) is 17.2 Å².